The summed E-state index contributed by atoms with van der Waals surface area (Å²) in [5.41, 5.74) is 0. The van der Waals surface area contributed by atoms with Gasteiger partial charge in [0.15, 0.2) is 0 Å². The third-order valence-corrected chi connectivity index (χ3v) is 2.98. The van der Waals surface area contributed by atoms with Crippen LogP contribution in [0.3, 0.4) is 0 Å². The number of thiazole rings is 1. The Balaban J connectivity index is 2.77. The molecule has 68 valence electrons. The van der Waals surface area contributed by atoms with Crippen molar-refractivity contribution in [2.24, 2.45) is 0 Å². The standard InChI is InChI=1S/C8H13NO2S/c1-5(10)7-4-9-8(12-7)6(2)11-3/h4-6,10H,1-3H3. The van der Waals surface area contributed by atoms with Crippen molar-refractivity contribution in [2.75, 3.05) is 7.11 Å². The molecule has 0 aliphatic rings. The quantitative estimate of drug-likeness (QED) is 0.786. The van der Waals surface area contributed by atoms with Gasteiger partial charge in [-0.3, -0.25) is 0 Å². The third-order valence-electron chi connectivity index (χ3n) is 1.65. The highest BCUT2D eigenvalue weighted by molar-refractivity contribution is 7.11. The summed E-state index contributed by atoms with van der Waals surface area (Å²) in [6.07, 6.45) is 1.28. The van der Waals surface area contributed by atoms with E-state index in [4.69, 9.17) is 4.74 Å². The van der Waals surface area contributed by atoms with Crippen molar-refractivity contribution in [2.45, 2.75) is 26.1 Å². The molecule has 12 heavy (non-hydrogen) atoms. The van der Waals surface area contributed by atoms with Crippen LogP contribution in [0.4, 0.5) is 0 Å². The molecule has 1 aromatic rings. The predicted octanol–water partition coefficient (Wildman–Crippen LogP) is 1.90. The predicted molar refractivity (Wildman–Crippen MR) is 48.2 cm³/mol. The number of aliphatic hydroxyl groups excluding tert-OH is 1. The summed E-state index contributed by atoms with van der Waals surface area (Å²) in [6, 6.07) is 0. The zero-order chi connectivity index (χ0) is 9.14. The van der Waals surface area contributed by atoms with Crippen LogP contribution in [0.1, 0.15) is 35.9 Å². The Morgan fingerprint density at radius 2 is 2.25 bits per heavy atom. The Labute approximate surface area is 76.0 Å². The van der Waals surface area contributed by atoms with Gasteiger partial charge in [-0.25, -0.2) is 4.98 Å². The van der Waals surface area contributed by atoms with Crippen LogP contribution in [-0.2, 0) is 4.74 Å². The van der Waals surface area contributed by atoms with Crippen LogP contribution < -0.4 is 0 Å². The molecule has 0 aliphatic carbocycles. The summed E-state index contributed by atoms with van der Waals surface area (Å²) in [7, 11) is 1.65. The van der Waals surface area contributed by atoms with E-state index < -0.39 is 6.10 Å². The molecular formula is C8H13NO2S. The molecule has 2 atom stereocenters. The van der Waals surface area contributed by atoms with Crippen LogP contribution in [0.2, 0.25) is 0 Å². The van der Waals surface area contributed by atoms with Crippen molar-refractivity contribution >= 4 is 11.3 Å². The van der Waals surface area contributed by atoms with E-state index in [0.29, 0.717) is 0 Å². The van der Waals surface area contributed by atoms with Crippen molar-refractivity contribution in [1.29, 1.82) is 0 Å². The molecule has 1 N–H and O–H groups in total. The van der Waals surface area contributed by atoms with E-state index >= 15 is 0 Å². The highest BCUT2D eigenvalue weighted by Gasteiger charge is 2.11. The largest absolute Gasteiger partial charge is 0.388 e. The fraction of sp³-hybridized carbons (Fsp3) is 0.625. The van der Waals surface area contributed by atoms with Gasteiger partial charge in [0.2, 0.25) is 0 Å². The normalized spacial score (nSPS) is 16.0. The Bertz CT molecular complexity index is 247. The first-order valence-corrected chi connectivity index (χ1v) is 4.63. The lowest BCUT2D eigenvalue weighted by atomic mass is 10.4. The van der Waals surface area contributed by atoms with Gasteiger partial charge in [0.05, 0.1) is 11.0 Å². The number of nitrogens with zero attached hydrogens (tertiary/aromatic N) is 1. The van der Waals surface area contributed by atoms with Crippen molar-refractivity contribution in [3.05, 3.63) is 16.1 Å². The minimum absolute atomic E-state index is 0.0162. The van der Waals surface area contributed by atoms with Gasteiger partial charge in [-0.05, 0) is 13.8 Å². The van der Waals surface area contributed by atoms with E-state index in [1.54, 1.807) is 20.2 Å². The first kappa shape index (κ1) is 9.64. The van der Waals surface area contributed by atoms with E-state index in [9.17, 15) is 5.11 Å². The van der Waals surface area contributed by atoms with Crippen LogP contribution in [-0.4, -0.2) is 17.2 Å². The van der Waals surface area contributed by atoms with Gasteiger partial charge in [-0.15, -0.1) is 11.3 Å². The zero-order valence-corrected chi connectivity index (χ0v) is 8.26. The maximum atomic E-state index is 9.22. The minimum Gasteiger partial charge on any atom is -0.388 e. The first-order valence-electron chi connectivity index (χ1n) is 3.81. The summed E-state index contributed by atoms with van der Waals surface area (Å²) in [6.45, 7) is 3.67. The van der Waals surface area contributed by atoms with E-state index in [1.807, 2.05) is 6.92 Å². The number of hydrogen-bond donors (Lipinski definition) is 1. The molecule has 1 rings (SSSR count). The number of aromatic nitrogens is 1. The first-order chi connectivity index (χ1) is 5.65. The molecule has 3 nitrogen and oxygen atoms in total. The molecule has 1 aromatic heterocycles. The second-order valence-corrected chi connectivity index (χ2v) is 3.75. The van der Waals surface area contributed by atoms with Crippen LogP contribution >= 0.6 is 11.3 Å². The van der Waals surface area contributed by atoms with E-state index in [2.05, 4.69) is 4.98 Å². The minimum atomic E-state index is -0.430. The molecule has 2 unspecified atom stereocenters. The third kappa shape index (κ3) is 2.03. The van der Waals surface area contributed by atoms with Crippen molar-refractivity contribution in [1.82, 2.24) is 4.98 Å². The van der Waals surface area contributed by atoms with Crippen molar-refractivity contribution < 1.29 is 9.84 Å². The summed E-state index contributed by atoms with van der Waals surface area (Å²) in [5, 5.41) is 10.1. The molecule has 0 aliphatic heterocycles. The van der Waals surface area contributed by atoms with Gasteiger partial charge < -0.3 is 9.84 Å². The summed E-state index contributed by atoms with van der Waals surface area (Å²) >= 11 is 1.49. The molecule has 0 radical (unpaired) electrons. The van der Waals surface area contributed by atoms with E-state index in [-0.39, 0.29) is 6.10 Å². The van der Waals surface area contributed by atoms with Gasteiger partial charge in [0.1, 0.15) is 11.1 Å². The Hall–Kier alpha value is -0.450. The molecule has 0 saturated heterocycles. The maximum Gasteiger partial charge on any atom is 0.121 e. The SMILES string of the molecule is COC(C)c1ncc(C(C)O)s1. The highest BCUT2D eigenvalue weighted by atomic mass is 32.1. The van der Waals surface area contributed by atoms with Crippen LogP contribution in [0, 0.1) is 0 Å². The van der Waals surface area contributed by atoms with Crippen LogP contribution in [0.15, 0.2) is 6.20 Å². The molecule has 0 aromatic carbocycles. The average molecular weight is 187 g/mol. The number of rotatable bonds is 3. The second kappa shape index (κ2) is 3.98. The van der Waals surface area contributed by atoms with Gasteiger partial charge in [0.25, 0.3) is 0 Å². The Morgan fingerprint density at radius 1 is 1.58 bits per heavy atom. The average Bonchev–Trinajstić information content (AvgIpc) is 2.51. The highest BCUT2D eigenvalue weighted by Crippen LogP contribution is 2.25. The molecular weight excluding hydrogens is 174 g/mol. The molecule has 0 saturated carbocycles. The molecule has 0 spiro atoms. The Kier molecular flexibility index (Phi) is 3.20. The summed E-state index contributed by atoms with van der Waals surface area (Å²) < 4.78 is 5.10. The summed E-state index contributed by atoms with van der Waals surface area (Å²) in [4.78, 5) is 5.02. The molecule has 0 bridgehead atoms. The molecule has 1 heterocycles. The second-order valence-electron chi connectivity index (χ2n) is 2.65. The lowest BCUT2D eigenvalue weighted by Crippen LogP contribution is -1.93. The Morgan fingerprint density at radius 3 is 2.67 bits per heavy atom. The van der Waals surface area contributed by atoms with E-state index in [1.165, 1.54) is 11.3 Å². The molecule has 0 fully saturated rings. The monoisotopic (exact) mass is 187 g/mol. The maximum absolute atomic E-state index is 9.22. The lowest BCUT2D eigenvalue weighted by molar-refractivity contribution is 0.119. The van der Waals surface area contributed by atoms with Crippen LogP contribution in [0.5, 0.6) is 0 Å². The zero-order valence-electron chi connectivity index (χ0n) is 7.44. The van der Waals surface area contributed by atoms with Gasteiger partial charge in [-0.1, -0.05) is 0 Å². The number of methoxy groups -OCH3 is 1. The number of aliphatic hydroxyl groups is 1. The van der Waals surface area contributed by atoms with Gasteiger partial charge in [-0.2, -0.15) is 0 Å². The van der Waals surface area contributed by atoms with Gasteiger partial charge >= 0.3 is 0 Å². The molecule has 4 heteroatoms. The van der Waals surface area contributed by atoms with E-state index in [0.717, 1.165) is 9.88 Å². The smallest absolute Gasteiger partial charge is 0.121 e. The topological polar surface area (TPSA) is 42.4 Å². The van der Waals surface area contributed by atoms with Crippen molar-refractivity contribution in [3.8, 4) is 0 Å². The fourth-order valence-corrected chi connectivity index (χ4v) is 1.67. The fourth-order valence-electron chi connectivity index (χ4n) is 0.783. The van der Waals surface area contributed by atoms with Crippen LogP contribution in [0.25, 0.3) is 0 Å². The number of hydrogen-bond acceptors (Lipinski definition) is 4. The number of ether oxygens (including phenoxy) is 1. The van der Waals surface area contributed by atoms with Gasteiger partial charge in [0, 0.05) is 13.3 Å². The molecule has 0 amide bonds. The van der Waals surface area contributed by atoms with Crippen molar-refractivity contribution in [3.63, 3.8) is 0 Å². The summed E-state index contributed by atoms with van der Waals surface area (Å²) in [5.74, 6) is 0. The lowest BCUT2D eigenvalue weighted by Gasteiger charge is -2.03.